The maximum absolute atomic E-state index is 12.0. The van der Waals surface area contributed by atoms with Gasteiger partial charge in [-0.1, -0.05) is 120 Å². The molecular weight excluding hydrogens is 950 g/mol. The summed E-state index contributed by atoms with van der Waals surface area (Å²) in [5.74, 6) is -1.29. The second kappa shape index (κ2) is 31.1. The second-order valence-corrected chi connectivity index (χ2v) is 23.9. The molecule has 0 spiro atoms. The Balaban J connectivity index is 0. The number of carbonyl (C=O) groups is 3. The zero-order valence-corrected chi connectivity index (χ0v) is 42.4. The highest BCUT2D eigenvalue weighted by molar-refractivity contribution is 8.13. The van der Waals surface area contributed by atoms with Crippen LogP contribution in [-0.4, -0.2) is 98.1 Å². The molecule has 18 nitrogen and oxygen atoms in total. The van der Waals surface area contributed by atoms with Gasteiger partial charge in [0.05, 0.1) is 23.7 Å². The summed E-state index contributed by atoms with van der Waals surface area (Å²) in [5, 5.41) is 8.66. The molecule has 6 N–H and O–H groups in total. The van der Waals surface area contributed by atoms with Crippen LogP contribution < -0.4 is 15.2 Å². The van der Waals surface area contributed by atoms with Gasteiger partial charge in [-0.25, -0.2) is 34.7 Å². The molecule has 65 heavy (non-hydrogen) atoms. The Morgan fingerprint density at radius 2 is 0.938 bits per heavy atom. The van der Waals surface area contributed by atoms with Crippen LogP contribution in [0.25, 0.3) is 0 Å². The maximum atomic E-state index is 12.0. The van der Waals surface area contributed by atoms with E-state index >= 15 is 0 Å². The molecule has 0 aliphatic carbocycles. The SMILES string of the molecule is CC(C)C[C@H](N)C(=O)OCc1ccccc1.CC(C)C[C@H](NS(C)(=O)=O)C(=O)O.CC(C)C[C@H](NS(C)(=O)=O)C(=O)OCc1ccccc1.CS(=O)(=O)Cl.Cc1ccc(S(=O)(=O)O)cc1. The van der Waals surface area contributed by atoms with E-state index in [4.69, 9.17) is 24.9 Å². The third-order valence-corrected chi connectivity index (χ3v) is 9.80. The highest BCUT2D eigenvalue weighted by Gasteiger charge is 2.25. The number of hydrogen-bond acceptors (Lipinski definition) is 14. The van der Waals surface area contributed by atoms with Gasteiger partial charge in [-0.2, -0.15) is 8.42 Å². The molecule has 3 aromatic rings. The fourth-order valence-electron chi connectivity index (χ4n) is 4.83. The van der Waals surface area contributed by atoms with Gasteiger partial charge in [-0.3, -0.25) is 18.9 Å². The largest absolute Gasteiger partial charge is 0.480 e. The average molecular weight is 1020 g/mol. The minimum atomic E-state index is -4.02. The van der Waals surface area contributed by atoms with E-state index in [2.05, 4.69) is 20.1 Å². The molecule has 0 heterocycles. The first-order valence-electron chi connectivity index (χ1n) is 19.9. The molecule has 23 heteroatoms. The van der Waals surface area contributed by atoms with Crippen molar-refractivity contribution >= 4 is 67.8 Å². The predicted octanol–water partition coefficient (Wildman–Crippen LogP) is 5.26. The van der Waals surface area contributed by atoms with E-state index < -0.39 is 69.3 Å². The van der Waals surface area contributed by atoms with E-state index in [1.165, 1.54) is 12.1 Å². The van der Waals surface area contributed by atoms with Gasteiger partial charge >= 0.3 is 17.9 Å². The number of aliphatic carboxylic acids is 1. The molecule has 0 bridgehead atoms. The first-order chi connectivity index (χ1) is 29.6. The normalized spacial score (nSPS) is 12.9. The van der Waals surface area contributed by atoms with E-state index in [9.17, 15) is 48.1 Å². The highest BCUT2D eigenvalue weighted by Crippen LogP contribution is 2.11. The zero-order chi connectivity index (χ0) is 50.8. The Hall–Kier alpha value is -4.00. The molecule has 3 aromatic carbocycles. The van der Waals surface area contributed by atoms with Gasteiger partial charge in [-0.05, 0) is 67.2 Å². The molecule has 0 aliphatic rings. The lowest BCUT2D eigenvalue weighted by atomic mass is 10.1. The minimum Gasteiger partial charge on any atom is -0.480 e. The van der Waals surface area contributed by atoms with E-state index in [0.29, 0.717) is 31.8 Å². The van der Waals surface area contributed by atoms with Gasteiger partial charge in [-0.15, -0.1) is 0 Å². The number of nitrogens with one attached hydrogen (secondary N) is 2. The van der Waals surface area contributed by atoms with Gasteiger partial charge in [0, 0.05) is 10.7 Å². The van der Waals surface area contributed by atoms with Crippen molar-refractivity contribution in [2.24, 2.45) is 23.5 Å². The topological polar surface area (TPSA) is 297 Å². The lowest BCUT2D eigenvalue weighted by Gasteiger charge is -2.18. The summed E-state index contributed by atoms with van der Waals surface area (Å²) in [4.78, 5) is 34.0. The molecule has 3 atom stereocenters. The fourth-order valence-corrected chi connectivity index (χ4v) is 6.73. The Morgan fingerprint density at radius 1 is 0.600 bits per heavy atom. The van der Waals surface area contributed by atoms with Crippen molar-refractivity contribution in [1.29, 1.82) is 0 Å². The summed E-state index contributed by atoms with van der Waals surface area (Å²) in [7, 11) is -9.60. The number of hydrogen-bond donors (Lipinski definition) is 5. The molecule has 0 saturated carbocycles. The molecule has 370 valence electrons. The van der Waals surface area contributed by atoms with E-state index in [1.54, 1.807) is 12.1 Å². The van der Waals surface area contributed by atoms with E-state index in [0.717, 1.165) is 35.5 Å². The van der Waals surface area contributed by atoms with Gasteiger partial charge in [0.1, 0.15) is 31.3 Å². The van der Waals surface area contributed by atoms with Crippen molar-refractivity contribution in [2.75, 3.05) is 18.8 Å². The molecule has 0 amide bonds. The average Bonchev–Trinajstić information content (AvgIpc) is 3.14. The van der Waals surface area contributed by atoms with Crippen LogP contribution in [0, 0.1) is 24.7 Å². The number of halogens is 1. The predicted molar refractivity (Wildman–Crippen MR) is 252 cm³/mol. The van der Waals surface area contributed by atoms with Crippen LogP contribution in [0.3, 0.4) is 0 Å². The molecule has 0 aliphatic heterocycles. The number of carbonyl (C=O) groups excluding carboxylic acids is 2. The van der Waals surface area contributed by atoms with Crippen molar-refractivity contribution < 1.29 is 67.2 Å². The number of benzene rings is 3. The van der Waals surface area contributed by atoms with Crippen LogP contribution in [0.15, 0.2) is 89.8 Å². The Morgan fingerprint density at radius 3 is 1.26 bits per heavy atom. The summed E-state index contributed by atoms with van der Waals surface area (Å²) in [5.41, 5.74) is 8.51. The zero-order valence-electron chi connectivity index (χ0n) is 38.4. The lowest BCUT2D eigenvalue weighted by Crippen LogP contribution is -2.42. The van der Waals surface area contributed by atoms with Crippen molar-refractivity contribution in [3.05, 3.63) is 102 Å². The summed E-state index contributed by atoms with van der Waals surface area (Å²) < 4.78 is 107. The van der Waals surface area contributed by atoms with Gasteiger partial charge < -0.3 is 20.3 Å². The molecule has 0 unspecified atom stereocenters. The smallest absolute Gasteiger partial charge is 0.324 e. The van der Waals surface area contributed by atoms with Gasteiger partial charge in [0.25, 0.3) is 10.1 Å². The van der Waals surface area contributed by atoms with Crippen LogP contribution in [0.2, 0.25) is 0 Å². The Labute approximate surface area is 390 Å². The number of esters is 2. The number of nitrogens with two attached hydrogens (primary N) is 1. The summed E-state index contributed by atoms with van der Waals surface area (Å²) >= 11 is 0. The summed E-state index contributed by atoms with van der Waals surface area (Å²) in [6.45, 7) is 13.8. The van der Waals surface area contributed by atoms with Crippen molar-refractivity contribution in [3.8, 4) is 0 Å². The Kier molecular flexibility index (Phi) is 30.1. The Bertz CT molecular complexity index is 2290. The molecule has 3 rings (SSSR count). The molecule has 0 aromatic heterocycles. The molecule has 0 saturated heterocycles. The lowest BCUT2D eigenvalue weighted by molar-refractivity contribution is -0.148. The maximum Gasteiger partial charge on any atom is 0.324 e. The van der Waals surface area contributed by atoms with Crippen LogP contribution >= 0.6 is 10.7 Å². The number of sulfonamides is 2. The first kappa shape index (κ1) is 63.1. The quantitative estimate of drug-likeness (QED) is 0.0617. The summed E-state index contributed by atoms with van der Waals surface area (Å²) in [6.07, 6.45) is 4.26. The third kappa shape index (κ3) is 38.9. The monoisotopic (exact) mass is 1020 g/mol. The van der Waals surface area contributed by atoms with Crippen LogP contribution in [-0.2, 0) is 76.3 Å². The first-order valence-corrected chi connectivity index (χ1v) is 27.8. The van der Waals surface area contributed by atoms with Crippen LogP contribution in [0.4, 0.5) is 0 Å². The van der Waals surface area contributed by atoms with E-state index in [-0.39, 0.29) is 29.3 Å². The van der Waals surface area contributed by atoms with Crippen molar-refractivity contribution in [3.63, 3.8) is 0 Å². The number of carboxylic acid groups (broad SMARTS) is 1. The van der Waals surface area contributed by atoms with Crippen LogP contribution in [0.1, 0.15) is 77.5 Å². The van der Waals surface area contributed by atoms with Gasteiger partial charge in [0.15, 0.2) is 0 Å². The molecule has 0 radical (unpaired) electrons. The number of carboxylic acids is 1. The molecule has 0 fully saturated rings. The molecular formula is C42H66ClN3O15S4. The van der Waals surface area contributed by atoms with Crippen molar-refractivity contribution in [2.45, 2.75) is 104 Å². The number of aryl methyl sites for hydroxylation is 1. The number of ether oxygens (including phenoxy) is 2. The second-order valence-electron chi connectivity index (χ2n) is 15.9. The minimum absolute atomic E-state index is 0.0666. The fraction of sp³-hybridized carbons (Fsp3) is 0.500. The standard InChI is InChI=1S/C14H21NO4S.C13H19NO2.C7H15NO4S.C7H8O3S.CH3ClO2S/c1-11(2)9-13(15-20(3,17)18)14(16)19-10-12-7-5-4-6-8-12;1-10(2)8-12(14)13(15)16-9-11-6-4-3-5-7-11;1-5(2)4-6(7(9)10)8-13(3,11)12;1-6-2-4-7(5-3-6)11(8,9)10;1-5(2,3)4/h4-8,11,13,15H,9-10H2,1-3H3;3-7,10,12H,8-9,14H2,1-2H3;5-6,8H,4H2,1-3H3,(H,9,10);2-5H,1H3,(H,8,9,10);1H3/t13-;12-;6-;;/m000../s1. The highest BCUT2D eigenvalue weighted by atomic mass is 35.7. The van der Waals surface area contributed by atoms with E-state index in [1.807, 2.05) is 109 Å². The third-order valence-electron chi connectivity index (χ3n) is 7.50. The summed E-state index contributed by atoms with van der Waals surface area (Å²) in [6, 6.07) is 22.5. The van der Waals surface area contributed by atoms with Gasteiger partial charge in [0.2, 0.25) is 29.1 Å². The number of rotatable bonds is 18. The van der Waals surface area contributed by atoms with Crippen LogP contribution in [0.5, 0.6) is 0 Å². The van der Waals surface area contributed by atoms with Crippen molar-refractivity contribution in [1.82, 2.24) is 9.44 Å².